The maximum absolute atomic E-state index is 13.2. The Balaban J connectivity index is 0.843. The molecule has 0 aromatic carbocycles. The van der Waals surface area contributed by atoms with Gasteiger partial charge in [0.2, 0.25) is 23.6 Å². The Kier molecular flexibility index (Phi) is 14.2. The van der Waals surface area contributed by atoms with E-state index in [0.29, 0.717) is 57.0 Å². The van der Waals surface area contributed by atoms with Crippen LogP contribution in [0.4, 0.5) is 0 Å². The monoisotopic (exact) mass is 712 g/mol. The van der Waals surface area contributed by atoms with Crippen LogP contribution in [0.15, 0.2) is 11.1 Å². The molecule has 4 unspecified atom stereocenters. The second-order valence-corrected chi connectivity index (χ2v) is 16.4. The van der Waals surface area contributed by atoms with Crippen molar-refractivity contribution in [3.8, 4) is 0 Å². The summed E-state index contributed by atoms with van der Waals surface area (Å²) < 4.78 is 18.3. The van der Waals surface area contributed by atoms with Gasteiger partial charge < -0.3 is 19.3 Å². The fourth-order valence-corrected chi connectivity index (χ4v) is 10.4. The first kappa shape index (κ1) is 38.6. The lowest BCUT2D eigenvalue weighted by Gasteiger charge is -2.39. The summed E-state index contributed by atoms with van der Waals surface area (Å²) in [7, 11) is 0. The Hall–Kier alpha value is -2.14. The number of rotatable bonds is 15. The molecule has 0 aromatic rings. The van der Waals surface area contributed by atoms with Crippen LogP contribution in [0.25, 0.3) is 0 Å². The Labute approximate surface area is 305 Å². The van der Waals surface area contributed by atoms with Crippen LogP contribution in [0.3, 0.4) is 0 Å². The number of aliphatic hydroxyl groups is 1. The van der Waals surface area contributed by atoms with Gasteiger partial charge in [0.25, 0.3) is 0 Å². The first-order chi connectivity index (χ1) is 24.8. The highest BCUT2D eigenvalue weighted by atomic mass is 16.5. The van der Waals surface area contributed by atoms with Gasteiger partial charge in [-0.1, -0.05) is 37.3 Å². The van der Waals surface area contributed by atoms with Gasteiger partial charge in [-0.3, -0.25) is 29.4 Å². The van der Waals surface area contributed by atoms with Gasteiger partial charge in [0, 0.05) is 32.8 Å². The van der Waals surface area contributed by atoms with Crippen molar-refractivity contribution in [2.45, 2.75) is 166 Å². The summed E-state index contributed by atoms with van der Waals surface area (Å²) in [5.41, 5.74) is 3.62. The smallest absolute Gasteiger partial charge is 0.249 e. The summed E-state index contributed by atoms with van der Waals surface area (Å²) in [4.78, 5) is 51.2. The first-order valence-electron chi connectivity index (χ1n) is 20.8. The zero-order valence-electron chi connectivity index (χ0n) is 31.1. The lowest BCUT2D eigenvalue weighted by molar-refractivity contribution is -0.151. The van der Waals surface area contributed by atoms with Crippen LogP contribution in [0.1, 0.15) is 142 Å². The molecule has 4 aliphatic carbocycles. The minimum atomic E-state index is -0.881. The van der Waals surface area contributed by atoms with Crippen molar-refractivity contribution in [2.24, 2.45) is 29.6 Å². The number of piperidine rings is 1. The predicted octanol–water partition coefficient (Wildman–Crippen LogP) is 6.17. The molecule has 2 N–H and O–H groups in total. The summed E-state index contributed by atoms with van der Waals surface area (Å²) in [6.07, 6.45) is 21.0. The molecule has 4 atom stereocenters. The normalized spacial score (nSPS) is 34.4. The molecule has 0 aromatic heterocycles. The van der Waals surface area contributed by atoms with E-state index in [1.807, 2.05) is 5.57 Å². The standard InChI is InChI=1S/C41H64N2O8/c1-2-33(27-8-4-3-5-9-27)38(28-10-14-30(44)15-11-28)29-12-16-31(17-13-29)50-24-6-22-49-23-7-25-51-32-18-19-34-35(26-32)41(48)43(40(34)47)36-20-21-37(45)42-39(36)46/h27-32,34-36,44H,2-26H2,1H3,(H,42,45,46)/b38-33-. The molecule has 51 heavy (non-hydrogen) atoms. The van der Waals surface area contributed by atoms with Crippen LogP contribution in [-0.4, -0.2) is 84.4 Å². The Morgan fingerprint density at radius 2 is 1.29 bits per heavy atom. The molecule has 6 fully saturated rings. The summed E-state index contributed by atoms with van der Waals surface area (Å²) in [6.45, 7) is 4.93. The molecule has 6 rings (SSSR count). The number of imide groups is 2. The lowest BCUT2D eigenvalue weighted by Crippen LogP contribution is -2.54. The number of carbonyl (C=O) groups is 4. The van der Waals surface area contributed by atoms with E-state index in [0.717, 1.165) is 68.8 Å². The van der Waals surface area contributed by atoms with Crippen LogP contribution in [0.2, 0.25) is 0 Å². The summed E-state index contributed by atoms with van der Waals surface area (Å²) in [6, 6.07) is -0.881. The van der Waals surface area contributed by atoms with E-state index in [4.69, 9.17) is 14.2 Å². The summed E-state index contributed by atoms with van der Waals surface area (Å²) in [5.74, 6) is -0.179. The van der Waals surface area contributed by atoms with Crippen molar-refractivity contribution in [1.29, 1.82) is 0 Å². The third kappa shape index (κ3) is 9.70. The number of nitrogens with zero attached hydrogens (tertiary/aromatic N) is 1. The Morgan fingerprint density at radius 1 is 0.686 bits per heavy atom. The predicted molar refractivity (Wildman–Crippen MR) is 192 cm³/mol. The van der Waals surface area contributed by atoms with Crippen LogP contribution >= 0.6 is 0 Å². The molecule has 0 spiro atoms. The molecule has 10 nitrogen and oxygen atoms in total. The van der Waals surface area contributed by atoms with Crippen LogP contribution in [-0.2, 0) is 33.4 Å². The molecule has 2 aliphatic heterocycles. The number of aliphatic hydroxyl groups excluding tert-OH is 1. The fraction of sp³-hybridized carbons (Fsp3) is 0.854. The molecule has 4 saturated carbocycles. The van der Waals surface area contributed by atoms with Gasteiger partial charge in [-0.2, -0.15) is 0 Å². The van der Waals surface area contributed by atoms with Gasteiger partial charge in [-0.15, -0.1) is 0 Å². The van der Waals surface area contributed by atoms with Crippen LogP contribution in [0, 0.1) is 29.6 Å². The molecular weight excluding hydrogens is 648 g/mol. The number of amides is 4. The van der Waals surface area contributed by atoms with Crippen molar-refractivity contribution in [3.05, 3.63) is 11.1 Å². The van der Waals surface area contributed by atoms with Gasteiger partial charge in [0.05, 0.1) is 30.1 Å². The van der Waals surface area contributed by atoms with E-state index in [1.54, 1.807) is 5.57 Å². The molecule has 2 saturated heterocycles. The zero-order valence-corrected chi connectivity index (χ0v) is 31.1. The average molecular weight is 713 g/mol. The number of allylic oxidation sites excluding steroid dienone is 2. The highest BCUT2D eigenvalue weighted by Crippen LogP contribution is 2.46. The SMILES string of the molecule is CC/C(=C(\C1CCC(O)CC1)C1CCC(OCCCOCCCOC2CCC3C(=O)N(C4CCC(=O)NC4=O)C(=O)C3C2)CC1)C1CCCCC1. The van der Waals surface area contributed by atoms with Crippen LogP contribution in [0.5, 0.6) is 0 Å². The van der Waals surface area contributed by atoms with Gasteiger partial charge in [-0.05, 0) is 127 Å². The molecule has 4 amide bonds. The van der Waals surface area contributed by atoms with Gasteiger partial charge in [0.1, 0.15) is 6.04 Å². The number of hydrogen-bond acceptors (Lipinski definition) is 8. The third-order valence-electron chi connectivity index (χ3n) is 13.1. The highest BCUT2D eigenvalue weighted by Gasteiger charge is 2.54. The number of likely N-dealkylation sites (tertiary alicyclic amines) is 1. The fourth-order valence-electron chi connectivity index (χ4n) is 10.4. The van der Waals surface area contributed by atoms with Crippen molar-refractivity contribution < 1.29 is 38.5 Å². The van der Waals surface area contributed by atoms with Gasteiger partial charge in [0.15, 0.2) is 0 Å². The number of nitrogens with one attached hydrogen (secondary N) is 1. The van der Waals surface area contributed by atoms with Crippen molar-refractivity contribution >= 4 is 23.6 Å². The minimum absolute atomic E-state index is 0.0869. The molecule has 0 bridgehead atoms. The quantitative estimate of drug-likeness (QED) is 0.117. The number of hydrogen-bond donors (Lipinski definition) is 2. The molecule has 10 heteroatoms. The zero-order chi connectivity index (χ0) is 35.7. The topological polar surface area (TPSA) is 131 Å². The van der Waals surface area contributed by atoms with Crippen LogP contribution < -0.4 is 5.32 Å². The van der Waals surface area contributed by atoms with E-state index < -0.39 is 23.8 Å². The van der Waals surface area contributed by atoms with Crippen molar-refractivity contribution in [3.63, 3.8) is 0 Å². The largest absolute Gasteiger partial charge is 0.393 e. The Bertz CT molecular complexity index is 1230. The van der Waals surface area contributed by atoms with Gasteiger partial charge in [-0.25, -0.2) is 0 Å². The Morgan fingerprint density at radius 3 is 1.94 bits per heavy atom. The number of carbonyl (C=O) groups excluding carboxylic acids is 4. The summed E-state index contributed by atoms with van der Waals surface area (Å²) in [5, 5.41) is 12.5. The molecule has 286 valence electrons. The van der Waals surface area contributed by atoms with E-state index in [1.165, 1.54) is 51.4 Å². The number of fused-ring (bicyclic) bond motifs is 1. The highest BCUT2D eigenvalue weighted by molar-refractivity contribution is 6.10. The van der Waals surface area contributed by atoms with E-state index in [-0.39, 0.29) is 42.8 Å². The van der Waals surface area contributed by atoms with E-state index >= 15 is 0 Å². The summed E-state index contributed by atoms with van der Waals surface area (Å²) >= 11 is 0. The molecule has 2 heterocycles. The lowest BCUT2D eigenvalue weighted by atomic mass is 9.68. The van der Waals surface area contributed by atoms with E-state index in [9.17, 15) is 24.3 Å². The molecular formula is C41H64N2O8. The van der Waals surface area contributed by atoms with E-state index in [2.05, 4.69) is 12.2 Å². The number of ether oxygens (including phenoxy) is 3. The molecule has 0 radical (unpaired) electrons. The van der Waals surface area contributed by atoms with Crippen molar-refractivity contribution in [2.75, 3.05) is 26.4 Å². The maximum Gasteiger partial charge on any atom is 0.249 e. The second kappa shape index (κ2) is 18.8. The second-order valence-electron chi connectivity index (χ2n) is 16.4. The molecule has 6 aliphatic rings. The third-order valence-corrected chi connectivity index (χ3v) is 13.1. The van der Waals surface area contributed by atoms with Crippen molar-refractivity contribution in [1.82, 2.24) is 10.2 Å². The van der Waals surface area contributed by atoms with Gasteiger partial charge >= 0.3 is 0 Å². The maximum atomic E-state index is 13.2. The minimum Gasteiger partial charge on any atom is -0.393 e. The first-order valence-corrected chi connectivity index (χ1v) is 20.8. The average Bonchev–Trinajstić information content (AvgIpc) is 3.39.